The first kappa shape index (κ1) is 17.5. The first-order valence-electron chi connectivity index (χ1n) is 9.53. The molecule has 6 nitrogen and oxygen atoms in total. The number of aromatic nitrogens is 2. The van der Waals surface area contributed by atoms with Crippen LogP contribution in [0.5, 0.6) is 0 Å². The van der Waals surface area contributed by atoms with Crippen molar-refractivity contribution in [1.82, 2.24) is 14.9 Å². The van der Waals surface area contributed by atoms with E-state index in [2.05, 4.69) is 22.2 Å². The van der Waals surface area contributed by atoms with Crippen LogP contribution in [0.1, 0.15) is 47.1 Å². The van der Waals surface area contributed by atoms with Crippen molar-refractivity contribution < 1.29 is 9.21 Å². The van der Waals surface area contributed by atoms with Gasteiger partial charge in [-0.3, -0.25) is 4.79 Å². The van der Waals surface area contributed by atoms with E-state index in [1.165, 1.54) is 6.33 Å². The van der Waals surface area contributed by atoms with E-state index in [-0.39, 0.29) is 11.4 Å². The van der Waals surface area contributed by atoms with Gasteiger partial charge < -0.3 is 14.6 Å². The number of aryl methyl sites for hydroxylation is 1. The lowest BCUT2D eigenvalue weighted by Gasteiger charge is -2.28. The number of anilines is 1. The van der Waals surface area contributed by atoms with Crippen LogP contribution in [-0.4, -0.2) is 32.9 Å². The number of rotatable bonds is 3. The first-order chi connectivity index (χ1) is 13.5. The highest BCUT2D eigenvalue weighted by Gasteiger charge is 2.38. The van der Waals surface area contributed by atoms with E-state index in [0.29, 0.717) is 36.0 Å². The largest absolute Gasteiger partial charge is 0.460 e. The van der Waals surface area contributed by atoms with Crippen LogP contribution in [0.2, 0.25) is 5.15 Å². The minimum atomic E-state index is -0.0353. The van der Waals surface area contributed by atoms with Crippen molar-refractivity contribution in [1.29, 1.82) is 0 Å². The maximum Gasteiger partial charge on any atom is 0.258 e. The van der Waals surface area contributed by atoms with E-state index >= 15 is 0 Å². The van der Waals surface area contributed by atoms with Crippen molar-refractivity contribution in [2.75, 3.05) is 11.9 Å². The molecule has 0 unspecified atom stereocenters. The number of nitrogens with one attached hydrogen (secondary N) is 1. The van der Waals surface area contributed by atoms with Crippen LogP contribution in [0.25, 0.3) is 11.0 Å². The molecule has 0 spiro atoms. The van der Waals surface area contributed by atoms with Gasteiger partial charge in [-0.15, -0.1) is 0 Å². The van der Waals surface area contributed by atoms with Crippen LogP contribution in [0.15, 0.2) is 28.9 Å². The molecule has 7 heteroatoms. The Morgan fingerprint density at radius 1 is 1.32 bits per heavy atom. The van der Waals surface area contributed by atoms with Crippen molar-refractivity contribution in [3.05, 3.63) is 52.3 Å². The molecule has 1 amide bonds. The Hall–Kier alpha value is -2.60. The summed E-state index contributed by atoms with van der Waals surface area (Å²) in [4.78, 5) is 23.7. The van der Waals surface area contributed by atoms with Gasteiger partial charge in [0.15, 0.2) is 0 Å². The monoisotopic (exact) mass is 396 g/mol. The molecule has 1 aliphatic heterocycles. The van der Waals surface area contributed by atoms with Crippen LogP contribution in [0.4, 0.5) is 5.69 Å². The van der Waals surface area contributed by atoms with Gasteiger partial charge in [-0.05, 0) is 45.2 Å². The van der Waals surface area contributed by atoms with E-state index in [0.717, 1.165) is 40.8 Å². The first-order valence-corrected chi connectivity index (χ1v) is 9.91. The van der Waals surface area contributed by atoms with Crippen molar-refractivity contribution in [3.8, 4) is 0 Å². The van der Waals surface area contributed by atoms with Crippen LogP contribution in [0, 0.1) is 6.92 Å². The van der Waals surface area contributed by atoms with E-state index < -0.39 is 0 Å². The smallest absolute Gasteiger partial charge is 0.258 e. The fourth-order valence-electron chi connectivity index (χ4n) is 3.91. The van der Waals surface area contributed by atoms with Gasteiger partial charge >= 0.3 is 0 Å². The van der Waals surface area contributed by atoms with Crippen LogP contribution < -0.4 is 5.32 Å². The number of furan rings is 1. The zero-order valence-electron chi connectivity index (χ0n) is 15.9. The second-order valence-electron chi connectivity index (χ2n) is 7.96. The van der Waals surface area contributed by atoms with Crippen LogP contribution in [0.3, 0.4) is 0 Å². The number of halogens is 1. The third-order valence-electron chi connectivity index (χ3n) is 5.78. The van der Waals surface area contributed by atoms with Gasteiger partial charge in [0.2, 0.25) is 0 Å². The summed E-state index contributed by atoms with van der Waals surface area (Å²) in [6.45, 7) is 5.06. The van der Waals surface area contributed by atoms with Crippen LogP contribution in [-0.2, 0) is 13.0 Å². The lowest BCUT2D eigenvalue weighted by Crippen LogP contribution is -2.37. The lowest BCUT2D eigenvalue weighted by molar-refractivity contribution is 0.0731. The van der Waals surface area contributed by atoms with Crippen LogP contribution >= 0.6 is 11.6 Å². The quantitative estimate of drug-likeness (QED) is 0.666. The molecule has 0 bridgehead atoms. The Labute approximate surface area is 167 Å². The molecule has 1 fully saturated rings. The van der Waals surface area contributed by atoms with Crippen molar-refractivity contribution in [2.24, 2.45) is 0 Å². The predicted molar refractivity (Wildman–Crippen MR) is 108 cm³/mol. The average molecular weight is 397 g/mol. The third-order valence-corrected chi connectivity index (χ3v) is 6.11. The fraction of sp³-hybridized carbons (Fsp3) is 0.381. The lowest BCUT2D eigenvalue weighted by atomic mass is 10.0. The number of fused-ring (bicyclic) bond motifs is 2. The predicted octanol–water partition coefficient (Wildman–Crippen LogP) is 4.35. The summed E-state index contributed by atoms with van der Waals surface area (Å²) in [7, 11) is 0. The fourth-order valence-corrected chi connectivity index (χ4v) is 4.16. The second-order valence-corrected chi connectivity index (χ2v) is 8.32. The number of hydrogen-bond acceptors (Lipinski definition) is 5. The van der Waals surface area contributed by atoms with Crippen molar-refractivity contribution >= 4 is 34.2 Å². The maximum atomic E-state index is 13.5. The summed E-state index contributed by atoms with van der Waals surface area (Å²) in [5.41, 5.74) is 4.18. The molecule has 28 heavy (non-hydrogen) atoms. The Balaban J connectivity index is 1.54. The number of carbonyl (C=O) groups excluding carboxylic acids is 1. The summed E-state index contributed by atoms with van der Waals surface area (Å²) in [5, 5.41) is 4.94. The molecule has 1 saturated carbocycles. The summed E-state index contributed by atoms with van der Waals surface area (Å²) >= 11 is 6.18. The second kappa shape index (κ2) is 6.21. The molecular formula is C21H21ClN4O2. The van der Waals surface area contributed by atoms with E-state index in [1.54, 1.807) is 0 Å². The SMILES string of the molecule is Cc1oc2cccc(NC3(C)CC3)c2c1C(=O)N1CCc2c(Cl)ncnc2C1. The highest BCUT2D eigenvalue weighted by Crippen LogP contribution is 2.41. The molecule has 1 aliphatic carbocycles. The Bertz CT molecular complexity index is 1100. The van der Waals surface area contributed by atoms with Gasteiger partial charge in [0.05, 0.1) is 23.2 Å². The summed E-state index contributed by atoms with van der Waals surface area (Å²) in [5.74, 6) is 0.605. The molecule has 0 saturated heterocycles. The zero-order valence-corrected chi connectivity index (χ0v) is 16.6. The Kier molecular flexibility index (Phi) is 3.88. The third kappa shape index (κ3) is 2.83. The molecule has 0 radical (unpaired) electrons. The molecule has 2 aliphatic rings. The molecule has 1 aromatic carbocycles. The minimum absolute atomic E-state index is 0.0353. The van der Waals surface area contributed by atoms with E-state index in [9.17, 15) is 4.79 Å². The highest BCUT2D eigenvalue weighted by atomic mass is 35.5. The Morgan fingerprint density at radius 3 is 2.93 bits per heavy atom. The normalized spacial score (nSPS) is 17.5. The van der Waals surface area contributed by atoms with E-state index in [1.807, 2.05) is 30.0 Å². The number of amides is 1. The van der Waals surface area contributed by atoms with Crippen molar-refractivity contribution in [2.45, 2.75) is 45.2 Å². The summed E-state index contributed by atoms with van der Waals surface area (Å²) < 4.78 is 5.94. The topological polar surface area (TPSA) is 71.3 Å². The number of nitrogens with zero attached hydrogens (tertiary/aromatic N) is 3. The molecule has 1 N–H and O–H groups in total. The molecule has 2 aromatic heterocycles. The molecule has 3 aromatic rings. The van der Waals surface area contributed by atoms with Gasteiger partial charge in [-0.25, -0.2) is 9.97 Å². The van der Waals surface area contributed by atoms with Gasteiger partial charge in [-0.1, -0.05) is 17.7 Å². The zero-order chi connectivity index (χ0) is 19.5. The summed E-state index contributed by atoms with van der Waals surface area (Å²) in [6, 6.07) is 5.90. The van der Waals surface area contributed by atoms with Gasteiger partial charge in [-0.2, -0.15) is 0 Å². The maximum absolute atomic E-state index is 13.5. The molecular weight excluding hydrogens is 376 g/mol. The molecule has 144 valence electrons. The van der Waals surface area contributed by atoms with Gasteiger partial charge in [0, 0.05) is 23.3 Å². The molecule has 3 heterocycles. The van der Waals surface area contributed by atoms with E-state index in [4.69, 9.17) is 16.0 Å². The van der Waals surface area contributed by atoms with Gasteiger partial charge in [0.1, 0.15) is 22.8 Å². The number of benzene rings is 1. The molecule has 5 rings (SSSR count). The Morgan fingerprint density at radius 2 is 2.14 bits per heavy atom. The number of carbonyl (C=O) groups is 1. The standard InChI is InChI=1S/C21H21ClN4O2/c1-12-17(18-14(25-21(2)7-8-21)4-3-5-16(18)28-12)20(27)26-9-6-13-15(10-26)23-11-24-19(13)22/h3-5,11,25H,6-10H2,1-2H3. The number of hydrogen-bond donors (Lipinski definition) is 1. The average Bonchev–Trinajstić information content (AvgIpc) is 3.29. The van der Waals surface area contributed by atoms with Gasteiger partial charge in [0.25, 0.3) is 5.91 Å². The summed E-state index contributed by atoms with van der Waals surface area (Å²) in [6.07, 6.45) is 4.37. The van der Waals surface area contributed by atoms with Crippen molar-refractivity contribution in [3.63, 3.8) is 0 Å². The highest BCUT2D eigenvalue weighted by molar-refractivity contribution is 6.30. The minimum Gasteiger partial charge on any atom is -0.460 e. The molecule has 0 atom stereocenters.